The summed E-state index contributed by atoms with van der Waals surface area (Å²) in [5, 5.41) is 3.46. The predicted molar refractivity (Wildman–Crippen MR) is 83.5 cm³/mol. The number of rotatable bonds is 6. The number of hydrogen-bond donors (Lipinski definition) is 1. The van der Waals surface area contributed by atoms with Crippen LogP contribution in [0.3, 0.4) is 0 Å². The van der Waals surface area contributed by atoms with E-state index in [2.05, 4.69) is 68.5 Å². The summed E-state index contributed by atoms with van der Waals surface area (Å²) in [6.45, 7) is 16.3. The molecule has 0 amide bonds. The van der Waals surface area contributed by atoms with Crippen molar-refractivity contribution in [3.05, 3.63) is 36.7 Å². The first-order chi connectivity index (χ1) is 8.83. The van der Waals surface area contributed by atoms with Crippen LogP contribution >= 0.6 is 0 Å². The molecule has 1 rings (SSSR count). The van der Waals surface area contributed by atoms with Gasteiger partial charge in [0.25, 0.3) is 0 Å². The number of aromatic nitrogens is 1. The summed E-state index contributed by atoms with van der Waals surface area (Å²) in [7, 11) is 0. The Kier molecular flexibility index (Phi) is 5.55. The first kappa shape index (κ1) is 15.7. The second-order valence-electron chi connectivity index (χ2n) is 6.14. The van der Waals surface area contributed by atoms with E-state index in [9.17, 15) is 0 Å². The Hall–Kier alpha value is -1.35. The van der Waals surface area contributed by atoms with Crippen molar-refractivity contribution in [2.75, 3.05) is 11.4 Å². The van der Waals surface area contributed by atoms with Crippen molar-refractivity contribution in [1.29, 1.82) is 0 Å². The molecule has 19 heavy (non-hydrogen) atoms. The Bertz CT molecular complexity index is 405. The number of pyridine rings is 1. The van der Waals surface area contributed by atoms with Gasteiger partial charge in [-0.3, -0.25) is 4.98 Å². The van der Waals surface area contributed by atoms with E-state index in [0.717, 1.165) is 18.8 Å². The Morgan fingerprint density at radius 3 is 2.63 bits per heavy atom. The molecule has 0 aliphatic carbocycles. The molecule has 0 atom stereocenters. The highest BCUT2D eigenvalue weighted by Gasteiger charge is 2.12. The third-order valence-corrected chi connectivity index (χ3v) is 2.88. The second kappa shape index (κ2) is 6.71. The second-order valence-corrected chi connectivity index (χ2v) is 6.14. The van der Waals surface area contributed by atoms with Crippen molar-refractivity contribution in [2.24, 2.45) is 0 Å². The zero-order valence-corrected chi connectivity index (χ0v) is 12.9. The van der Waals surface area contributed by atoms with Crippen LogP contribution in [-0.4, -0.2) is 23.1 Å². The minimum absolute atomic E-state index is 0.108. The van der Waals surface area contributed by atoms with Crippen LogP contribution in [0, 0.1) is 0 Å². The number of hydrogen-bond acceptors (Lipinski definition) is 3. The molecule has 0 aromatic carbocycles. The van der Waals surface area contributed by atoms with Gasteiger partial charge < -0.3 is 10.2 Å². The Balaban J connectivity index is 2.83. The highest BCUT2D eigenvalue weighted by atomic mass is 15.1. The number of nitrogens with one attached hydrogen (secondary N) is 1. The van der Waals surface area contributed by atoms with Gasteiger partial charge in [-0.1, -0.05) is 6.08 Å². The van der Waals surface area contributed by atoms with E-state index in [4.69, 9.17) is 0 Å². The van der Waals surface area contributed by atoms with Gasteiger partial charge >= 0.3 is 0 Å². The summed E-state index contributed by atoms with van der Waals surface area (Å²) in [6.07, 6.45) is 3.82. The molecule has 0 aliphatic heterocycles. The molecule has 1 aromatic heterocycles. The van der Waals surface area contributed by atoms with Crippen LogP contribution in [0.15, 0.2) is 31.0 Å². The van der Waals surface area contributed by atoms with Crippen LogP contribution < -0.4 is 10.2 Å². The maximum atomic E-state index is 4.43. The van der Waals surface area contributed by atoms with Crippen molar-refractivity contribution in [2.45, 2.75) is 52.7 Å². The fraction of sp³-hybridized carbons (Fsp3) is 0.562. The van der Waals surface area contributed by atoms with Crippen molar-refractivity contribution in [3.63, 3.8) is 0 Å². The van der Waals surface area contributed by atoms with Crippen LogP contribution in [0.1, 0.15) is 40.3 Å². The minimum atomic E-state index is 0.108. The van der Waals surface area contributed by atoms with Gasteiger partial charge in [-0.25, -0.2) is 0 Å². The van der Waals surface area contributed by atoms with E-state index in [0.29, 0.717) is 6.04 Å². The van der Waals surface area contributed by atoms with Crippen molar-refractivity contribution >= 4 is 5.69 Å². The molecule has 0 radical (unpaired) electrons. The lowest BCUT2D eigenvalue weighted by Crippen LogP contribution is -2.35. The normalized spacial score (nSPS) is 11.7. The molecule has 1 N–H and O–H groups in total. The van der Waals surface area contributed by atoms with Crippen molar-refractivity contribution < 1.29 is 0 Å². The van der Waals surface area contributed by atoms with Crippen LogP contribution in [-0.2, 0) is 6.54 Å². The maximum absolute atomic E-state index is 4.43. The maximum Gasteiger partial charge on any atom is 0.0562 e. The van der Waals surface area contributed by atoms with Crippen LogP contribution in [0.25, 0.3) is 0 Å². The van der Waals surface area contributed by atoms with Gasteiger partial charge in [0.05, 0.1) is 5.69 Å². The summed E-state index contributed by atoms with van der Waals surface area (Å²) < 4.78 is 0. The lowest BCUT2D eigenvalue weighted by atomic mass is 10.1. The SMILES string of the molecule is C=CCN(c1ccnc(CNC(C)(C)C)c1)C(C)C. The standard InChI is InChI=1S/C16H27N3/c1-7-10-19(13(2)3)15-8-9-17-14(11-15)12-18-16(4,5)6/h7-9,11,13,18H,1,10,12H2,2-6H3. The molecule has 106 valence electrons. The van der Waals surface area contributed by atoms with E-state index < -0.39 is 0 Å². The van der Waals surface area contributed by atoms with Gasteiger partial charge in [0, 0.05) is 36.6 Å². The Labute approximate surface area is 117 Å². The lowest BCUT2D eigenvalue weighted by molar-refractivity contribution is 0.421. The highest BCUT2D eigenvalue weighted by molar-refractivity contribution is 5.48. The van der Waals surface area contributed by atoms with E-state index in [1.54, 1.807) is 0 Å². The van der Waals surface area contributed by atoms with Gasteiger partial charge in [-0.2, -0.15) is 0 Å². The monoisotopic (exact) mass is 261 g/mol. The molecule has 0 saturated heterocycles. The molecule has 0 saturated carbocycles. The average molecular weight is 261 g/mol. The topological polar surface area (TPSA) is 28.2 Å². The molecule has 3 nitrogen and oxygen atoms in total. The first-order valence-electron chi connectivity index (χ1n) is 6.91. The third-order valence-electron chi connectivity index (χ3n) is 2.88. The molecule has 0 bridgehead atoms. The fourth-order valence-corrected chi connectivity index (χ4v) is 1.85. The lowest BCUT2D eigenvalue weighted by Gasteiger charge is -2.28. The van der Waals surface area contributed by atoms with Gasteiger partial charge in [-0.05, 0) is 46.8 Å². The first-order valence-corrected chi connectivity index (χ1v) is 6.91. The Morgan fingerprint density at radius 2 is 2.11 bits per heavy atom. The smallest absolute Gasteiger partial charge is 0.0562 e. The van der Waals surface area contributed by atoms with Gasteiger partial charge in [0.1, 0.15) is 0 Å². The molecule has 0 fully saturated rings. The summed E-state index contributed by atoms with van der Waals surface area (Å²) in [5.41, 5.74) is 2.38. The molecule has 1 aromatic rings. The summed E-state index contributed by atoms with van der Waals surface area (Å²) >= 11 is 0. The van der Waals surface area contributed by atoms with Crippen LogP contribution in [0.4, 0.5) is 5.69 Å². The average Bonchev–Trinajstić information content (AvgIpc) is 2.32. The quantitative estimate of drug-likeness (QED) is 0.796. The number of anilines is 1. The molecule has 0 unspecified atom stereocenters. The summed E-state index contributed by atoms with van der Waals surface area (Å²) in [5.74, 6) is 0. The van der Waals surface area contributed by atoms with Crippen molar-refractivity contribution in [3.8, 4) is 0 Å². The summed E-state index contributed by atoms with van der Waals surface area (Å²) in [6, 6.07) is 4.66. The fourth-order valence-electron chi connectivity index (χ4n) is 1.85. The van der Waals surface area contributed by atoms with Crippen LogP contribution in [0.5, 0.6) is 0 Å². The van der Waals surface area contributed by atoms with E-state index in [1.165, 1.54) is 5.69 Å². The third kappa shape index (κ3) is 5.43. The zero-order valence-electron chi connectivity index (χ0n) is 12.9. The van der Waals surface area contributed by atoms with Gasteiger partial charge in [0.2, 0.25) is 0 Å². The molecule has 0 spiro atoms. The molecule has 3 heteroatoms. The zero-order chi connectivity index (χ0) is 14.5. The molecule has 0 aliphatic rings. The number of nitrogens with zero attached hydrogens (tertiary/aromatic N) is 2. The molecular formula is C16H27N3. The Morgan fingerprint density at radius 1 is 1.42 bits per heavy atom. The van der Waals surface area contributed by atoms with E-state index in [1.807, 2.05) is 12.3 Å². The minimum Gasteiger partial charge on any atom is -0.365 e. The predicted octanol–water partition coefficient (Wildman–Crippen LogP) is 3.37. The highest BCUT2D eigenvalue weighted by Crippen LogP contribution is 2.17. The van der Waals surface area contributed by atoms with Crippen molar-refractivity contribution in [1.82, 2.24) is 10.3 Å². The van der Waals surface area contributed by atoms with Gasteiger partial charge in [0.15, 0.2) is 0 Å². The van der Waals surface area contributed by atoms with Gasteiger partial charge in [-0.15, -0.1) is 6.58 Å². The van der Waals surface area contributed by atoms with E-state index >= 15 is 0 Å². The largest absolute Gasteiger partial charge is 0.365 e. The van der Waals surface area contributed by atoms with Crippen LogP contribution in [0.2, 0.25) is 0 Å². The molecule has 1 heterocycles. The summed E-state index contributed by atoms with van der Waals surface area (Å²) in [4.78, 5) is 6.74. The van der Waals surface area contributed by atoms with E-state index in [-0.39, 0.29) is 5.54 Å². The molecular weight excluding hydrogens is 234 g/mol.